The highest BCUT2D eigenvalue weighted by molar-refractivity contribution is 6.03. The van der Waals surface area contributed by atoms with Gasteiger partial charge in [0.15, 0.2) is 0 Å². The van der Waals surface area contributed by atoms with Gasteiger partial charge in [-0.15, -0.1) is 0 Å². The van der Waals surface area contributed by atoms with E-state index in [2.05, 4.69) is 9.47 Å². The van der Waals surface area contributed by atoms with Gasteiger partial charge in [0.2, 0.25) is 0 Å². The molecule has 4 atom stereocenters. The maximum absolute atomic E-state index is 11.7. The Bertz CT molecular complexity index is 459. The molecule has 2 saturated heterocycles. The molecule has 2 heterocycles. The van der Waals surface area contributed by atoms with Gasteiger partial charge in [-0.05, 0) is 0 Å². The number of ether oxygens (including phenoxy) is 2. The zero-order valence-corrected chi connectivity index (χ0v) is 9.07. The second kappa shape index (κ2) is 2.88. The fourth-order valence-electron chi connectivity index (χ4n) is 3.83. The number of hydrogen-bond donors (Lipinski definition) is 0. The SMILES string of the molecule is O=C1OC(=O)[C@H]2C3C=CC([C@@H]12)[C@H]1C(=O)OC(=O)[C@@H]31. The van der Waals surface area contributed by atoms with Crippen LogP contribution < -0.4 is 0 Å². The van der Waals surface area contributed by atoms with Gasteiger partial charge in [0.1, 0.15) is 0 Å². The van der Waals surface area contributed by atoms with Crippen LogP contribution in [0, 0.1) is 35.5 Å². The van der Waals surface area contributed by atoms with Gasteiger partial charge >= 0.3 is 23.9 Å². The molecule has 0 spiro atoms. The Balaban J connectivity index is 1.88. The van der Waals surface area contributed by atoms with Crippen LogP contribution in [0.15, 0.2) is 12.2 Å². The zero-order chi connectivity index (χ0) is 12.6. The first-order valence-corrected chi connectivity index (χ1v) is 5.79. The first-order chi connectivity index (χ1) is 8.59. The van der Waals surface area contributed by atoms with Crippen molar-refractivity contribution in [2.75, 3.05) is 0 Å². The predicted octanol–water partition coefficient (Wildman–Crippen LogP) is -0.566. The van der Waals surface area contributed by atoms with Gasteiger partial charge in [0.05, 0.1) is 23.7 Å². The van der Waals surface area contributed by atoms with E-state index in [1.54, 1.807) is 12.2 Å². The Kier molecular flexibility index (Phi) is 1.60. The molecule has 0 aromatic carbocycles. The van der Waals surface area contributed by atoms with E-state index in [9.17, 15) is 19.2 Å². The van der Waals surface area contributed by atoms with Crippen molar-refractivity contribution in [1.29, 1.82) is 0 Å². The molecule has 5 aliphatic rings. The monoisotopic (exact) mass is 248 g/mol. The fraction of sp³-hybridized carbons (Fsp3) is 0.500. The topological polar surface area (TPSA) is 86.7 Å². The molecule has 0 aromatic heterocycles. The van der Waals surface area contributed by atoms with E-state index in [1.165, 1.54) is 0 Å². The highest BCUT2D eigenvalue weighted by Crippen LogP contribution is 2.56. The van der Waals surface area contributed by atoms with E-state index >= 15 is 0 Å². The van der Waals surface area contributed by atoms with Crippen LogP contribution in [0.4, 0.5) is 0 Å². The molecule has 2 aliphatic heterocycles. The molecule has 92 valence electrons. The standard InChI is InChI=1S/C12H8O6/c13-9-5-3-1-2-4(7(5)11(15)17-9)8-6(3)10(14)18-12(8)16/h1-8H/t3?,4?,5-,6-,7+,8+. The Morgan fingerprint density at radius 1 is 0.611 bits per heavy atom. The lowest BCUT2D eigenvalue weighted by atomic mass is 9.54. The Labute approximate surface area is 101 Å². The van der Waals surface area contributed by atoms with Crippen LogP contribution in [-0.4, -0.2) is 23.9 Å². The lowest BCUT2D eigenvalue weighted by Gasteiger charge is -2.42. The second-order valence-corrected chi connectivity index (χ2v) is 5.12. The summed E-state index contributed by atoms with van der Waals surface area (Å²) in [6.07, 6.45) is 3.49. The summed E-state index contributed by atoms with van der Waals surface area (Å²) in [6, 6.07) is 0. The molecule has 6 heteroatoms. The molecule has 3 aliphatic carbocycles. The molecule has 0 radical (unpaired) electrons. The zero-order valence-electron chi connectivity index (χ0n) is 9.07. The summed E-state index contributed by atoms with van der Waals surface area (Å²) in [7, 11) is 0. The van der Waals surface area contributed by atoms with E-state index in [4.69, 9.17) is 0 Å². The Hall–Kier alpha value is -1.98. The van der Waals surface area contributed by atoms with Crippen molar-refractivity contribution in [3.63, 3.8) is 0 Å². The van der Waals surface area contributed by atoms with Gasteiger partial charge < -0.3 is 9.47 Å². The molecule has 18 heavy (non-hydrogen) atoms. The molecule has 5 rings (SSSR count). The minimum Gasteiger partial charge on any atom is -0.393 e. The van der Waals surface area contributed by atoms with Crippen molar-refractivity contribution >= 4 is 23.9 Å². The van der Waals surface area contributed by atoms with Crippen molar-refractivity contribution in [1.82, 2.24) is 0 Å². The molecule has 0 unspecified atom stereocenters. The average Bonchev–Trinajstić information content (AvgIpc) is 2.81. The fourth-order valence-corrected chi connectivity index (χ4v) is 3.83. The van der Waals surface area contributed by atoms with E-state index < -0.39 is 59.4 Å². The normalized spacial score (nSPS) is 48.0. The molecule has 0 amide bonds. The quantitative estimate of drug-likeness (QED) is 0.324. The van der Waals surface area contributed by atoms with E-state index in [0.717, 1.165) is 0 Å². The molecular formula is C12H8O6. The molecular weight excluding hydrogens is 240 g/mol. The highest BCUT2D eigenvalue weighted by atomic mass is 16.6. The van der Waals surface area contributed by atoms with Crippen molar-refractivity contribution in [3.05, 3.63) is 12.2 Å². The number of rotatable bonds is 0. The Morgan fingerprint density at radius 3 is 1.17 bits per heavy atom. The average molecular weight is 248 g/mol. The molecule has 0 aromatic rings. The number of hydrogen-bond acceptors (Lipinski definition) is 6. The van der Waals surface area contributed by atoms with Crippen LogP contribution in [-0.2, 0) is 28.7 Å². The highest BCUT2D eigenvalue weighted by Gasteiger charge is 2.67. The third kappa shape index (κ3) is 0.913. The Morgan fingerprint density at radius 2 is 0.889 bits per heavy atom. The predicted molar refractivity (Wildman–Crippen MR) is 52.3 cm³/mol. The van der Waals surface area contributed by atoms with Gasteiger partial charge in [0.25, 0.3) is 0 Å². The number of cyclic esters (lactones) is 4. The smallest absolute Gasteiger partial charge is 0.318 e. The third-order valence-corrected chi connectivity index (χ3v) is 4.48. The maximum atomic E-state index is 11.7. The first-order valence-electron chi connectivity index (χ1n) is 5.79. The van der Waals surface area contributed by atoms with Crippen LogP contribution in [0.2, 0.25) is 0 Å². The van der Waals surface area contributed by atoms with Crippen molar-refractivity contribution in [2.24, 2.45) is 35.5 Å². The van der Waals surface area contributed by atoms with E-state index in [0.29, 0.717) is 0 Å². The lowest BCUT2D eigenvalue weighted by molar-refractivity contribution is -0.154. The van der Waals surface area contributed by atoms with Gasteiger partial charge in [0, 0.05) is 11.8 Å². The number of allylic oxidation sites excluding steroid dienone is 2. The van der Waals surface area contributed by atoms with E-state index in [1.807, 2.05) is 0 Å². The third-order valence-electron chi connectivity index (χ3n) is 4.48. The van der Waals surface area contributed by atoms with Gasteiger partial charge in [-0.3, -0.25) is 19.2 Å². The minimum absolute atomic E-state index is 0.456. The summed E-state index contributed by atoms with van der Waals surface area (Å²) in [5, 5.41) is 0. The molecule has 6 nitrogen and oxygen atoms in total. The summed E-state index contributed by atoms with van der Waals surface area (Å²) in [6.45, 7) is 0. The van der Waals surface area contributed by atoms with Crippen molar-refractivity contribution in [2.45, 2.75) is 0 Å². The summed E-state index contributed by atoms with van der Waals surface area (Å²) in [5.74, 6) is -5.79. The molecule has 0 N–H and O–H groups in total. The van der Waals surface area contributed by atoms with Crippen molar-refractivity contribution < 1.29 is 28.7 Å². The van der Waals surface area contributed by atoms with Gasteiger partial charge in [-0.1, -0.05) is 12.2 Å². The summed E-state index contributed by atoms with van der Waals surface area (Å²) < 4.78 is 9.29. The summed E-state index contributed by atoms with van der Waals surface area (Å²) >= 11 is 0. The summed E-state index contributed by atoms with van der Waals surface area (Å²) in [4.78, 5) is 46.7. The number of carbonyl (C=O) groups is 4. The van der Waals surface area contributed by atoms with Crippen molar-refractivity contribution in [3.8, 4) is 0 Å². The van der Waals surface area contributed by atoms with Gasteiger partial charge in [-0.25, -0.2) is 0 Å². The molecule has 1 saturated carbocycles. The maximum Gasteiger partial charge on any atom is 0.318 e. The second-order valence-electron chi connectivity index (χ2n) is 5.12. The minimum atomic E-state index is -0.632. The first kappa shape index (κ1) is 9.99. The summed E-state index contributed by atoms with van der Waals surface area (Å²) in [5.41, 5.74) is 0. The van der Waals surface area contributed by atoms with E-state index in [-0.39, 0.29) is 0 Å². The largest absolute Gasteiger partial charge is 0.393 e. The van der Waals surface area contributed by atoms with Gasteiger partial charge in [-0.2, -0.15) is 0 Å². The lowest BCUT2D eigenvalue weighted by Crippen LogP contribution is -2.50. The van der Waals surface area contributed by atoms with Crippen LogP contribution in [0.5, 0.6) is 0 Å². The molecule has 3 fully saturated rings. The molecule has 2 bridgehead atoms. The van der Waals surface area contributed by atoms with Crippen LogP contribution in [0.3, 0.4) is 0 Å². The van der Waals surface area contributed by atoms with Crippen LogP contribution in [0.25, 0.3) is 0 Å². The van der Waals surface area contributed by atoms with Crippen LogP contribution in [0.1, 0.15) is 0 Å². The van der Waals surface area contributed by atoms with Crippen LogP contribution >= 0.6 is 0 Å². The number of carbonyl (C=O) groups excluding carboxylic acids is 4. The number of esters is 4.